The standard InChI is InChI=1S/C24H34N4O.ClH/c1-18-4-6-21(7-5-18)16-28-20(3)22(19(2)26-28)8-9-23(29)27-14-11-24(12-15-27)10-13-25-17-24;/h4-7,25H,8-17H2,1-3H3;1H. The van der Waals surface area contributed by atoms with E-state index in [4.69, 9.17) is 5.10 Å². The van der Waals surface area contributed by atoms with Gasteiger partial charge in [-0.3, -0.25) is 9.48 Å². The number of aryl methyl sites for hydroxylation is 2. The van der Waals surface area contributed by atoms with Crippen molar-refractivity contribution in [3.05, 3.63) is 52.3 Å². The van der Waals surface area contributed by atoms with Crippen molar-refractivity contribution in [2.75, 3.05) is 26.2 Å². The molecular formula is C24H35ClN4O. The van der Waals surface area contributed by atoms with Gasteiger partial charge in [0, 0.05) is 31.7 Å². The Kier molecular flexibility index (Phi) is 7.25. The zero-order valence-electron chi connectivity index (χ0n) is 18.5. The van der Waals surface area contributed by atoms with Gasteiger partial charge in [0.1, 0.15) is 0 Å². The highest BCUT2D eigenvalue weighted by Gasteiger charge is 2.37. The molecule has 0 aliphatic carbocycles. The average Bonchev–Trinajstić information content (AvgIpc) is 3.27. The number of hydrogen-bond acceptors (Lipinski definition) is 3. The minimum absolute atomic E-state index is 0. The van der Waals surface area contributed by atoms with Gasteiger partial charge >= 0.3 is 0 Å². The maximum absolute atomic E-state index is 12.8. The first-order valence-corrected chi connectivity index (χ1v) is 11.0. The Hall–Kier alpha value is -1.85. The van der Waals surface area contributed by atoms with Gasteiger partial charge in [-0.15, -0.1) is 12.4 Å². The van der Waals surface area contributed by atoms with E-state index in [2.05, 4.69) is 59.9 Å². The van der Waals surface area contributed by atoms with Crippen LogP contribution < -0.4 is 5.32 Å². The SMILES string of the molecule is Cc1ccc(Cn2nc(C)c(CCC(=O)N3CCC4(CCNC4)CC3)c2C)cc1.Cl. The normalized spacial score (nSPS) is 17.9. The van der Waals surface area contributed by atoms with E-state index >= 15 is 0 Å². The van der Waals surface area contributed by atoms with Gasteiger partial charge in [-0.2, -0.15) is 5.10 Å². The summed E-state index contributed by atoms with van der Waals surface area (Å²) in [6, 6.07) is 8.62. The Morgan fingerprint density at radius 3 is 2.43 bits per heavy atom. The van der Waals surface area contributed by atoms with Gasteiger partial charge in [-0.25, -0.2) is 0 Å². The lowest BCUT2D eigenvalue weighted by Crippen LogP contribution is -2.44. The number of amides is 1. The third kappa shape index (κ3) is 4.89. The Balaban J connectivity index is 0.00000256. The van der Waals surface area contributed by atoms with Crippen molar-refractivity contribution >= 4 is 18.3 Å². The molecule has 0 bridgehead atoms. The van der Waals surface area contributed by atoms with Gasteiger partial charge in [0.05, 0.1) is 12.2 Å². The first-order chi connectivity index (χ1) is 14.0. The van der Waals surface area contributed by atoms with Gasteiger partial charge < -0.3 is 10.2 Å². The average molecular weight is 431 g/mol. The van der Waals surface area contributed by atoms with E-state index < -0.39 is 0 Å². The summed E-state index contributed by atoms with van der Waals surface area (Å²) in [4.78, 5) is 14.9. The molecule has 2 saturated heterocycles. The van der Waals surface area contributed by atoms with E-state index in [1.54, 1.807) is 0 Å². The summed E-state index contributed by atoms with van der Waals surface area (Å²) in [5, 5.41) is 8.25. The molecule has 1 spiro atoms. The van der Waals surface area contributed by atoms with Crippen LogP contribution in [0.1, 0.15) is 53.8 Å². The summed E-state index contributed by atoms with van der Waals surface area (Å²) in [5.74, 6) is 0.302. The molecule has 6 heteroatoms. The number of carbonyl (C=O) groups is 1. The van der Waals surface area contributed by atoms with Crippen LogP contribution in [0.25, 0.3) is 0 Å². The molecule has 0 saturated carbocycles. The molecule has 1 N–H and O–H groups in total. The molecule has 2 aromatic rings. The molecule has 30 heavy (non-hydrogen) atoms. The Labute approximate surface area is 186 Å². The molecular weight excluding hydrogens is 396 g/mol. The molecule has 1 amide bonds. The quantitative estimate of drug-likeness (QED) is 0.784. The Morgan fingerprint density at radius 1 is 1.10 bits per heavy atom. The van der Waals surface area contributed by atoms with Gasteiger partial charge in [-0.05, 0) is 69.5 Å². The summed E-state index contributed by atoms with van der Waals surface area (Å²) < 4.78 is 2.08. The second-order valence-corrected chi connectivity index (χ2v) is 9.10. The van der Waals surface area contributed by atoms with Crippen molar-refractivity contribution in [3.8, 4) is 0 Å². The van der Waals surface area contributed by atoms with Crippen molar-refractivity contribution in [3.63, 3.8) is 0 Å². The third-order valence-corrected chi connectivity index (χ3v) is 7.08. The van der Waals surface area contributed by atoms with Crippen LogP contribution in [0.4, 0.5) is 0 Å². The number of nitrogens with one attached hydrogen (secondary N) is 1. The van der Waals surface area contributed by atoms with Crippen molar-refractivity contribution in [2.45, 2.75) is 59.4 Å². The highest BCUT2D eigenvalue weighted by atomic mass is 35.5. The topological polar surface area (TPSA) is 50.2 Å². The van der Waals surface area contributed by atoms with Crippen LogP contribution in [0.5, 0.6) is 0 Å². The smallest absolute Gasteiger partial charge is 0.222 e. The first-order valence-electron chi connectivity index (χ1n) is 11.0. The second kappa shape index (κ2) is 9.52. The molecule has 2 aliphatic rings. The predicted molar refractivity (Wildman–Crippen MR) is 123 cm³/mol. The summed E-state index contributed by atoms with van der Waals surface area (Å²) in [6.45, 7) is 11.2. The molecule has 0 radical (unpaired) electrons. The maximum atomic E-state index is 12.8. The number of rotatable bonds is 5. The zero-order valence-corrected chi connectivity index (χ0v) is 19.4. The van der Waals surface area contributed by atoms with E-state index in [1.165, 1.54) is 28.8 Å². The number of halogens is 1. The number of carbonyl (C=O) groups excluding carboxylic acids is 1. The molecule has 0 unspecified atom stereocenters. The van der Waals surface area contributed by atoms with Gasteiger partial charge in [0.2, 0.25) is 5.91 Å². The van der Waals surface area contributed by atoms with Gasteiger partial charge in [-0.1, -0.05) is 29.8 Å². The molecule has 2 aliphatic heterocycles. The van der Waals surface area contributed by atoms with E-state index in [-0.39, 0.29) is 12.4 Å². The minimum atomic E-state index is 0. The summed E-state index contributed by atoms with van der Waals surface area (Å²) >= 11 is 0. The number of benzene rings is 1. The monoisotopic (exact) mass is 430 g/mol. The van der Waals surface area contributed by atoms with Crippen LogP contribution in [0, 0.1) is 26.2 Å². The fraction of sp³-hybridized carbons (Fsp3) is 0.583. The summed E-state index contributed by atoms with van der Waals surface area (Å²) in [6.07, 6.45) is 4.95. The lowest BCUT2D eigenvalue weighted by molar-refractivity contribution is -0.133. The van der Waals surface area contributed by atoms with Crippen LogP contribution in [-0.2, 0) is 17.8 Å². The van der Waals surface area contributed by atoms with Crippen LogP contribution >= 0.6 is 12.4 Å². The van der Waals surface area contributed by atoms with E-state index in [0.717, 1.165) is 57.7 Å². The van der Waals surface area contributed by atoms with Crippen molar-refractivity contribution in [2.24, 2.45) is 5.41 Å². The molecule has 5 nitrogen and oxygen atoms in total. The van der Waals surface area contributed by atoms with Crippen molar-refractivity contribution in [1.82, 2.24) is 20.0 Å². The van der Waals surface area contributed by atoms with Crippen LogP contribution in [0.3, 0.4) is 0 Å². The van der Waals surface area contributed by atoms with Crippen molar-refractivity contribution in [1.29, 1.82) is 0 Å². The highest BCUT2D eigenvalue weighted by Crippen LogP contribution is 2.37. The number of likely N-dealkylation sites (tertiary alicyclic amines) is 1. The maximum Gasteiger partial charge on any atom is 0.222 e. The Morgan fingerprint density at radius 2 is 1.80 bits per heavy atom. The lowest BCUT2D eigenvalue weighted by Gasteiger charge is -2.39. The summed E-state index contributed by atoms with van der Waals surface area (Å²) in [5.41, 5.74) is 6.46. The predicted octanol–water partition coefficient (Wildman–Crippen LogP) is 3.81. The first kappa shape index (κ1) is 22.8. The minimum Gasteiger partial charge on any atom is -0.343 e. The molecule has 2 fully saturated rings. The molecule has 164 valence electrons. The fourth-order valence-corrected chi connectivity index (χ4v) is 4.96. The van der Waals surface area contributed by atoms with Crippen LogP contribution in [-0.4, -0.2) is 46.8 Å². The molecule has 1 aromatic heterocycles. The number of aromatic nitrogens is 2. The second-order valence-electron chi connectivity index (χ2n) is 9.10. The number of piperidine rings is 1. The molecule has 1 aromatic carbocycles. The van der Waals surface area contributed by atoms with Gasteiger partial charge in [0.15, 0.2) is 0 Å². The molecule has 0 atom stereocenters. The zero-order chi connectivity index (χ0) is 20.4. The largest absolute Gasteiger partial charge is 0.343 e. The van der Waals surface area contributed by atoms with Gasteiger partial charge in [0.25, 0.3) is 0 Å². The fourth-order valence-electron chi connectivity index (χ4n) is 4.96. The lowest BCUT2D eigenvalue weighted by atomic mass is 9.78. The van der Waals surface area contributed by atoms with Crippen LogP contribution in [0.2, 0.25) is 0 Å². The number of hydrogen-bond donors (Lipinski definition) is 1. The molecule has 4 rings (SSSR count). The van der Waals surface area contributed by atoms with E-state index in [0.29, 0.717) is 17.7 Å². The van der Waals surface area contributed by atoms with E-state index in [9.17, 15) is 4.79 Å². The Bertz CT molecular complexity index is 858. The van der Waals surface area contributed by atoms with Crippen molar-refractivity contribution < 1.29 is 4.79 Å². The third-order valence-electron chi connectivity index (χ3n) is 7.08. The summed E-state index contributed by atoms with van der Waals surface area (Å²) in [7, 11) is 0. The van der Waals surface area contributed by atoms with E-state index in [1.807, 2.05) is 0 Å². The highest BCUT2D eigenvalue weighted by molar-refractivity contribution is 5.85. The molecule has 3 heterocycles. The van der Waals surface area contributed by atoms with Crippen LogP contribution in [0.15, 0.2) is 24.3 Å². The number of nitrogens with zero attached hydrogens (tertiary/aromatic N) is 3.